The Hall–Kier alpha value is -0.910. The lowest BCUT2D eigenvalue weighted by molar-refractivity contribution is -0.118. The molecule has 0 radical (unpaired) electrons. The largest absolute Gasteiger partial charge is 0.399 e. The first-order valence-electron chi connectivity index (χ1n) is 6.55. The molecule has 0 bridgehead atoms. The monoisotopic (exact) mass is 316 g/mol. The van der Waals surface area contributed by atoms with E-state index in [-0.39, 0.29) is 12.0 Å². The van der Waals surface area contributed by atoms with Gasteiger partial charge in [-0.2, -0.15) is 0 Å². The average Bonchev–Trinajstić information content (AvgIpc) is 2.37. The number of carbonyl (C=O) groups excluding carboxylic acids is 1. The van der Waals surface area contributed by atoms with Gasteiger partial charge in [-0.05, 0) is 38.5 Å². The molecule has 1 amide bonds. The fourth-order valence-electron chi connectivity index (χ4n) is 1.45. The van der Waals surface area contributed by atoms with Crippen LogP contribution in [0.2, 0.25) is 5.02 Å². The van der Waals surface area contributed by atoms with Crippen molar-refractivity contribution in [3.8, 4) is 0 Å². The number of carbonyl (C=O) groups is 1. The van der Waals surface area contributed by atoms with Gasteiger partial charge in [0.05, 0.1) is 16.9 Å². The Morgan fingerprint density at radius 1 is 1.50 bits per heavy atom. The SMILES string of the molecule is CC(C)OCCCNC(=O)CSc1ccc(N)cc1Cl. The lowest BCUT2D eigenvalue weighted by atomic mass is 10.3. The molecule has 20 heavy (non-hydrogen) atoms. The van der Waals surface area contributed by atoms with Gasteiger partial charge in [-0.3, -0.25) is 4.79 Å². The van der Waals surface area contributed by atoms with Crippen molar-refractivity contribution in [2.45, 2.75) is 31.3 Å². The number of halogens is 1. The summed E-state index contributed by atoms with van der Waals surface area (Å²) in [5.41, 5.74) is 6.23. The van der Waals surface area contributed by atoms with Gasteiger partial charge < -0.3 is 15.8 Å². The van der Waals surface area contributed by atoms with E-state index in [2.05, 4.69) is 5.32 Å². The molecule has 0 spiro atoms. The number of hydrogen-bond acceptors (Lipinski definition) is 4. The molecule has 0 heterocycles. The number of thioether (sulfide) groups is 1. The Morgan fingerprint density at radius 2 is 2.25 bits per heavy atom. The van der Waals surface area contributed by atoms with Crippen LogP contribution in [0.25, 0.3) is 0 Å². The first-order chi connectivity index (χ1) is 9.49. The maximum atomic E-state index is 11.7. The Balaban J connectivity index is 2.19. The normalized spacial score (nSPS) is 10.8. The first-order valence-corrected chi connectivity index (χ1v) is 7.91. The number of rotatable bonds is 8. The van der Waals surface area contributed by atoms with Crippen molar-refractivity contribution in [1.29, 1.82) is 0 Å². The van der Waals surface area contributed by atoms with Crippen LogP contribution in [-0.4, -0.2) is 30.9 Å². The Bertz CT molecular complexity index is 441. The second-order valence-corrected chi connectivity index (χ2v) is 6.03. The number of nitrogens with two attached hydrogens (primary N) is 1. The molecule has 0 aliphatic heterocycles. The summed E-state index contributed by atoms with van der Waals surface area (Å²) in [5.74, 6) is 0.335. The van der Waals surface area contributed by atoms with Gasteiger partial charge in [0.15, 0.2) is 0 Å². The summed E-state index contributed by atoms with van der Waals surface area (Å²) in [6, 6.07) is 5.28. The number of anilines is 1. The van der Waals surface area contributed by atoms with Gasteiger partial charge in [0.2, 0.25) is 5.91 Å². The van der Waals surface area contributed by atoms with Gasteiger partial charge in [-0.25, -0.2) is 0 Å². The van der Waals surface area contributed by atoms with Gasteiger partial charge in [0.25, 0.3) is 0 Å². The van der Waals surface area contributed by atoms with Crippen LogP contribution in [0.15, 0.2) is 23.1 Å². The van der Waals surface area contributed by atoms with Crippen molar-refractivity contribution in [2.24, 2.45) is 0 Å². The average molecular weight is 317 g/mol. The Kier molecular flexibility index (Phi) is 7.80. The molecule has 1 rings (SSSR count). The molecule has 4 nitrogen and oxygen atoms in total. The summed E-state index contributed by atoms with van der Waals surface area (Å²) in [6.07, 6.45) is 1.05. The number of nitrogens with one attached hydrogen (secondary N) is 1. The van der Waals surface area contributed by atoms with E-state index in [0.717, 1.165) is 11.3 Å². The fourth-order valence-corrected chi connectivity index (χ4v) is 2.55. The molecule has 0 saturated carbocycles. The van der Waals surface area contributed by atoms with Crippen molar-refractivity contribution in [3.05, 3.63) is 23.2 Å². The van der Waals surface area contributed by atoms with E-state index in [9.17, 15) is 4.79 Å². The van der Waals surface area contributed by atoms with Crippen LogP contribution < -0.4 is 11.1 Å². The van der Waals surface area contributed by atoms with Crippen LogP contribution in [0, 0.1) is 0 Å². The summed E-state index contributed by atoms with van der Waals surface area (Å²) in [7, 11) is 0. The van der Waals surface area contributed by atoms with E-state index in [1.54, 1.807) is 12.1 Å². The maximum Gasteiger partial charge on any atom is 0.230 e. The highest BCUT2D eigenvalue weighted by Gasteiger charge is 2.06. The quantitative estimate of drug-likeness (QED) is 0.440. The third kappa shape index (κ3) is 7.03. The summed E-state index contributed by atoms with van der Waals surface area (Å²) >= 11 is 7.44. The topological polar surface area (TPSA) is 64.3 Å². The number of nitrogen functional groups attached to an aromatic ring is 1. The van der Waals surface area contributed by atoms with E-state index >= 15 is 0 Å². The smallest absolute Gasteiger partial charge is 0.230 e. The van der Waals surface area contributed by atoms with Crippen LogP contribution in [0.1, 0.15) is 20.3 Å². The highest BCUT2D eigenvalue weighted by atomic mass is 35.5. The van der Waals surface area contributed by atoms with Crippen LogP contribution in [-0.2, 0) is 9.53 Å². The minimum atomic E-state index is -0.00700. The van der Waals surface area contributed by atoms with E-state index < -0.39 is 0 Å². The number of ether oxygens (including phenoxy) is 1. The second-order valence-electron chi connectivity index (χ2n) is 4.60. The molecule has 0 saturated heterocycles. The lowest BCUT2D eigenvalue weighted by Gasteiger charge is -2.08. The molecule has 0 aliphatic rings. The highest BCUT2D eigenvalue weighted by molar-refractivity contribution is 8.00. The maximum absolute atomic E-state index is 11.7. The van der Waals surface area contributed by atoms with Crippen LogP contribution in [0.4, 0.5) is 5.69 Å². The predicted molar refractivity (Wildman–Crippen MR) is 85.3 cm³/mol. The molecular formula is C14H21ClN2O2S. The molecule has 1 aromatic carbocycles. The molecule has 1 aromatic rings. The van der Waals surface area contributed by atoms with Crippen molar-refractivity contribution in [2.75, 3.05) is 24.6 Å². The fraction of sp³-hybridized carbons (Fsp3) is 0.500. The predicted octanol–water partition coefficient (Wildman–Crippen LogP) is 2.95. The van der Waals surface area contributed by atoms with Crippen molar-refractivity contribution >= 4 is 35.0 Å². The molecular weight excluding hydrogens is 296 g/mol. The summed E-state index contributed by atoms with van der Waals surface area (Å²) < 4.78 is 5.39. The number of hydrogen-bond donors (Lipinski definition) is 2. The van der Waals surface area contributed by atoms with Gasteiger partial charge in [0.1, 0.15) is 0 Å². The van der Waals surface area contributed by atoms with Crippen molar-refractivity contribution < 1.29 is 9.53 Å². The minimum absolute atomic E-state index is 0.00700. The first kappa shape index (κ1) is 17.1. The molecule has 6 heteroatoms. The summed E-state index contributed by atoms with van der Waals surface area (Å²) in [5, 5.41) is 3.43. The van der Waals surface area contributed by atoms with Crippen LogP contribution in [0.5, 0.6) is 0 Å². The van der Waals surface area contributed by atoms with Gasteiger partial charge >= 0.3 is 0 Å². The van der Waals surface area contributed by atoms with Gasteiger partial charge in [-0.1, -0.05) is 11.6 Å². The molecule has 0 aromatic heterocycles. The number of benzene rings is 1. The lowest BCUT2D eigenvalue weighted by Crippen LogP contribution is -2.27. The van der Waals surface area contributed by atoms with Crippen LogP contribution in [0.3, 0.4) is 0 Å². The van der Waals surface area contributed by atoms with E-state index in [4.69, 9.17) is 22.1 Å². The summed E-state index contributed by atoms with van der Waals surface area (Å²) in [4.78, 5) is 12.5. The third-order valence-corrected chi connectivity index (χ3v) is 3.91. The Labute approximate surface area is 129 Å². The summed E-state index contributed by atoms with van der Waals surface area (Å²) in [6.45, 7) is 5.27. The van der Waals surface area contributed by atoms with Gasteiger partial charge in [-0.15, -0.1) is 11.8 Å². The number of amides is 1. The standard InChI is InChI=1S/C14H21ClN2O2S/c1-10(2)19-7-3-6-17-14(18)9-20-13-5-4-11(16)8-12(13)15/h4-5,8,10H,3,6-7,9,16H2,1-2H3,(H,17,18). The highest BCUT2D eigenvalue weighted by Crippen LogP contribution is 2.28. The van der Waals surface area contributed by atoms with E-state index in [1.807, 2.05) is 19.9 Å². The van der Waals surface area contributed by atoms with Gasteiger partial charge in [0, 0.05) is 23.7 Å². The molecule has 3 N–H and O–H groups in total. The molecule has 0 atom stereocenters. The molecule has 112 valence electrons. The molecule has 0 aliphatic carbocycles. The zero-order valence-corrected chi connectivity index (χ0v) is 13.4. The van der Waals surface area contributed by atoms with E-state index in [1.165, 1.54) is 11.8 Å². The Morgan fingerprint density at radius 3 is 2.90 bits per heavy atom. The second kappa shape index (κ2) is 9.10. The van der Waals surface area contributed by atoms with Crippen molar-refractivity contribution in [3.63, 3.8) is 0 Å². The third-order valence-electron chi connectivity index (χ3n) is 2.41. The minimum Gasteiger partial charge on any atom is -0.399 e. The molecule has 0 fully saturated rings. The zero-order chi connectivity index (χ0) is 15.0. The van der Waals surface area contributed by atoms with Crippen molar-refractivity contribution in [1.82, 2.24) is 5.32 Å². The molecule has 0 unspecified atom stereocenters. The van der Waals surface area contributed by atoms with Crippen LogP contribution >= 0.6 is 23.4 Å². The van der Waals surface area contributed by atoms with E-state index in [0.29, 0.717) is 29.6 Å². The zero-order valence-electron chi connectivity index (χ0n) is 11.8.